The van der Waals surface area contributed by atoms with Crippen LogP contribution in [0.2, 0.25) is 0 Å². The van der Waals surface area contributed by atoms with Crippen LogP contribution in [-0.4, -0.2) is 29.1 Å². The third kappa shape index (κ3) is 3.57. The summed E-state index contributed by atoms with van der Waals surface area (Å²) in [6.45, 7) is 0.448. The van der Waals surface area contributed by atoms with Gasteiger partial charge in [-0.2, -0.15) is 0 Å². The second-order valence-electron chi connectivity index (χ2n) is 6.72. The Morgan fingerprint density at radius 2 is 1.57 bits per heavy atom. The quantitative estimate of drug-likeness (QED) is 0.705. The number of nitrogens with one attached hydrogen (secondary N) is 1. The molecule has 0 aliphatic carbocycles. The Balaban J connectivity index is 1.62. The average Bonchev–Trinajstić information content (AvgIpc) is 2.68. The Morgan fingerprint density at radius 3 is 2.32 bits per heavy atom. The molecular formula is C20H20N2O4S2. The van der Waals surface area contributed by atoms with E-state index in [1.807, 2.05) is 18.2 Å². The molecular weight excluding hydrogens is 396 g/mol. The van der Waals surface area contributed by atoms with Crippen LogP contribution < -0.4 is 9.03 Å². The topological polar surface area (TPSA) is 83.6 Å². The number of hydrogen-bond acceptors (Lipinski definition) is 4. The fourth-order valence-electron chi connectivity index (χ4n) is 3.41. The first-order valence-electron chi connectivity index (χ1n) is 8.98. The van der Waals surface area contributed by atoms with Crippen molar-refractivity contribution in [3.05, 3.63) is 66.7 Å². The summed E-state index contributed by atoms with van der Waals surface area (Å²) >= 11 is 0. The van der Waals surface area contributed by atoms with Gasteiger partial charge in [0.05, 0.1) is 16.3 Å². The minimum absolute atomic E-state index is 0.141. The number of nitrogens with zero attached hydrogens (tertiary/aromatic N) is 1. The van der Waals surface area contributed by atoms with Crippen molar-refractivity contribution in [3.63, 3.8) is 0 Å². The van der Waals surface area contributed by atoms with E-state index in [1.165, 1.54) is 4.31 Å². The van der Waals surface area contributed by atoms with E-state index >= 15 is 0 Å². The molecule has 0 unspecified atom stereocenters. The summed E-state index contributed by atoms with van der Waals surface area (Å²) in [5, 5.41) is 1.49. The summed E-state index contributed by atoms with van der Waals surface area (Å²) in [4.78, 5) is 0.202. The minimum Gasteiger partial charge on any atom is -0.280 e. The van der Waals surface area contributed by atoms with Crippen molar-refractivity contribution in [1.82, 2.24) is 0 Å². The van der Waals surface area contributed by atoms with Crippen LogP contribution in [0.15, 0.2) is 71.6 Å². The Bertz CT molecular complexity index is 1220. The van der Waals surface area contributed by atoms with Crippen LogP contribution in [-0.2, 0) is 20.0 Å². The standard InChI is InChI=1S/C20H20N2O4S2/c23-27(24)15-4-3-14-22(27)18-12-10-17(11-13-18)21-28(25,26)20-9-5-7-16-6-1-2-8-19(16)20/h1-2,5-13,21H,3-4,14-15H2. The molecule has 4 rings (SSSR count). The van der Waals surface area contributed by atoms with Crippen molar-refractivity contribution in [2.24, 2.45) is 0 Å². The van der Waals surface area contributed by atoms with Crippen LogP contribution in [0.1, 0.15) is 12.8 Å². The zero-order valence-corrected chi connectivity index (χ0v) is 16.7. The molecule has 0 bridgehead atoms. The monoisotopic (exact) mass is 416 g/mol. The maximum Gasteiger partial charge on any atom is 0.262 e. The van der Waals surface area contributed by atoms with Gasteiger partial charge in [-0.15, -0.1) is 0 Å². The number of hydrogen-bond donors (Lipinski definition) is 1. The predicted molar refractivity (Wildman–Crippen MR) is 112 cm³/mol. The van der Waals surface area contributed by atoms with Crippen molar-refractivity contribution in [3.8, 4) is 0 Å². The van der Waals surface area contributed by atoms with Gasteiger partial charge in [0.2, 0.25) is 10.0 Å². The van der Waals surface area contributed by atoms with Gasteiger partial charge in [-0.05, 0) is 48.6 Å². The Labute approximate surface area is 164 Å². The molecule has 146 valence electrons. The van der Waals surface area contributed by atoms with Gasteiger partial charge in [0.15, 0.2) is 0 Å². The lowest BCUT2D eigenvalue weighted by Crippen LogP contribution is -2.37. The molecule has 0 saturated carbocycles. The summed E-state index contributed by atoms with van der Waals surface area (Å²) in [6, 6.07) is 18.9. The summed E-state index contributed by atoms with van der Waals surface area (Å²) < 4.78 is 54.2. The van der Waals surface area contributed by atoms with Crippen LogP contribution >= 0.6 is 0 Å². The molecule has 28 heavy (non-hydrogen) atoms. The molecule has 0 spiro atoms. The Hall–Kier alpha value is -2.58. The maximum atomic E-state index is 12.9. The van der Waals surface area contributed by atoms with Gasteiger partial charge in [0.1, 0.15) is 0 Å². The summed E-state index contributed by atoms with van der Waals surface area (Å²) in [6.07, 6.45) is 1.48. The molecule has 1 aliphatic rings. The molecule has 0 aromatic heterocycles. The van der Waals surface area contributed by atoms with E-state index in [0.717, 1.165) is 11.8 Å². The van der Waals surface area contributed by atoms with Crippen molar-refractivity contribution < 1.29 is 16.8 Å². The van der Waals surface area contributed by atoms with Crippen LogP contribution in [0.4, 0.5) is 11.4 Å². The number of benzene rings is 3. The number of anilines is 2. The van der Waals surface area contributed by atoms with E-state index in [2.05, 4.69) is 4.72 Å². The second kappa shape index (κ2) is 7.10. The van der Waals surface area contributed by atoms with E-state index in [1.54, 1.807) is 48.5 Å². The zero-order valence-electron chi connectivity index (χ0n) is 15.1. The van der Waals surface area contributed by atoms with Crippen molar-refractivity contribution >= 4 is 42.2 Å². The molecule has 3 aromatic carbocycles. The highest BCUT2D eigenvalue weighted by Crippen LogP contribution is 2.28. The first kappa shape index (κ1) is 18.8. The van der Waals surface area contributed by atoms with Crippen molar-refractivity contribution in [1.29, 1.82) is 0 Å². The fourth-order valence-corrected chi connectivity index (χ4v) is 6.34. The van der Waals surface area contributed by atoms with Gasteiger partial charge in [0.25, 0.3) is 10.0 Å². The lowest BCUT2D eigenvalue weighted by Gasteiger charge is -2.28. The number of fused-ring (bicyclic) bond motifs is 1. The van der Waals surface area contributed by atoms with Gasteiger partial charge in [0, 0.05) is 17.6 Å². The fraction of sp³-hybridized carbons (Fsp3) is 0.200. The molecule has 8 heteroatoms. The number of rotatable bonds is 4. The van der Waals surface area contributed by atoms with Gasteiger partial charge < -0.3 is 0 Å². The highest BCUT2D eigenvalue weighted by Gasteiger charge is 2.26. The smallest absolute Gasteiger partial charge is 0.262 e. The van der Waals surface area contributed by atoms with E-state index in [0.29, 0.717) is 29.7 Å². The summed E-state index contributed by atoms with van der Waals surface area (Å²) in [5.41, 5.74) is 0.930. The molecule has 1 fully saturated rings. The number of sulfonamides is 2. The van der Waals surface area contributed by atoms with Gasteiger partial charge in [-0.1, -0.05) is 36.4 Å². The van der Waals surface area contributed by atoms with Gasteiger partial charge in [-0.3, -0.25) is 9.03 Å². The van der Waals surface area contributed by atoms with E-state index in [9.17, 15) is 16.8 Å². The molecule has 0 amide bonds. The Kier molecular flexibility index (Phi) is 4.76. The third-order valence-electron chi connectivity index (χ3n) is 4.80. The molecule has 1 aliphatic heterocycles. The summed E-state index contributed by atoms with van der Waals surface area (Å²) in [5.74, 6) is 0.141. The predicted octanol–water partition coefficient (Wildman–Crippen LogP) is 3.57. The normalized spacial score (nSPS) is 16.8. The Morgan fingerprint density at radius 1 is 0.857 bits per heavy atom. The van der Waals surface area contributed by atoms with Crippen LogP contribution in [0, 0.1) is 0 Å². The highest BCUT2D eigenvalue weighted by molar-refractivity contribution is 7.93. The van der Waals surface area contributed by atoms with Crippen LogP contribution in [0.3, 0.4) is 0 Å². The average molecular weight is 417 g/mol. The van der Waals surface area contributed by atoms with Gasteiger partial charge in [-0.25, -0.2) is 16.8 Å². The first-order valence-corrected chi connectivity index (χ1v) is 12.1. The molecule has 0 radical (unpaired) electrons. The molecule has 1 N–H and O–H groups in total. The largest absolute Gasteiger partial charge is 0.280 e. The van der Waals surface area contributed by atoms with Crippen molar-refractivity contribution in [2.75, 3.05) is 21.3 Å². The summed E-state index contributed by atoms with van der Waals surface area (Å²) in [7, 11) is -7.08. The molecule has 6 nitrogen and oxygen atoms in total. The van der Waals surface area contributed by atoms with Crippen molar-refractivity contribution in [2.45, 2.75) is 17.7 Å². The molecule has 1 saturated heterocycles. The molecule has 1 heterocycles. The lowest BCUT2D eigenvalue weighted by molar-refractivity contribution is 0.574. The van der Waals surface area contributed by atoms with Crippen LogP contribution in [0.5, 0.6) is 0 Å². The molecule has 0 atom stereocenters. The molecule has 3 aromatic rings. The lowest BCUT2D eigenvalue weighted by atomic mass is 10.1. The maximum absolute atomic E-state index is 12.9. The van der Waals surface area contributed by atoms with Crippen LogP contribution in [0.25, 0.3) is 10.8 Å². The SMILES string of the molecule is O=S(=O)(Nc1ccc(N2CCCCS2(=O)=O)cc1)c1cccc2ccccc12. The zero-order chi connectivity index (χ0) is 19.8. The first-order chi connectivity index (χ1) is 13.4. The van der Waals surface area contributed by atoms with E-state index < -0.39 is 20.0 Å². The van der Waals surface area contributed by atoms with Gasteiger partial charge >= 0.3 is 0 Å². The van der Waals surface area contributed by atoms with E-state index in [-0.39, 0.29) is 10.6 Å². The minimum atomic E-state index is -3.78. The third-order valence-corrected chi connectivity index (χ3v) is 8.10. The second-order valence-corrected chi connectivity index (χ2v) is 10.4. The van der Waals surface area contributed by atoms with E-state index in [4.69, 9.17) is 0 Å². The highest BCUT2D eigenvalue weighted by atomic mass is 32.2.